The van der Waals surface area contributed by atoms with Crippen molar-refractivity contribution in [2.24, 2.45) is 5.92 Å². The molecule has 7 heteroatoms. The van der Waals surface area contributed by atoms with E-state index in [0.717, 1.165) is 45.0 Å². The molecule has 0 spiro atoms. The zero-order chi connectivity index (χ0) is 27.6. The number of amides is 2. The van der Waals surface area contributed by atoms with E-state index in [0.29, 0.717) is 23.9 Å². The van der Waals surface area contributed by atoms with Gasteiger partial charge in [0, 0.05) is 75.2 Å². The Bertz CT molecular complexity index is 1200. The van der Waals surface area contributed by atoms with Gasteiger partial charge in [-0.05, 0) is 101 Å². The van der Waals surface area contributed by atoms with Crippen LogP contribution < -0.4 is 9.80 Å². The van der Waals surface area contributed by atoms with Crippen molar-refractivity contribution in [2.75, 3.05) is 75.2 Å². The van der Waals surface area contributed by atoms with Crippen molar-refractivity contribution in [2.45, 2.75) is 52.0 Å². The number of carbonyl (C=O) groups excluding carboxylic acids is 2. The van der Waals surface area contributed by atoms with Gasteiger partial charge in [-0.2, -0.15) is 0 Å². The van der Waals surface area contributed by atoms with Gasteiger partial charge in [-0.25, -0.2) is 0 Å². The van der Waals surface area contributed by atoms with E-state index < -0.39 is 0 Å². The molecule has 2 aromatic carbocycles. The smallest absolute Gasteiger partial charge is 0.253 e. The first-order valence-corrected chi connectivity index (χ1v) is 15.4. The van der Waals surface area contributed by atoms with E-state index in [1.807, 2.05) is 34.1 Å². The lowest BCUT2D eigenvalue weighted by Crippen LogP contribution is -2.49. The average Bonchev–Trinajstić information content (AvgIpc) is 3.72. The highest BCUT2D eigenvalue weighted by Crippen LogP contribution is 2.29. The van der Waals surface area contributed by atoms with Crippen molar-refractivity contribution < 1.29 is 9.59 Å². The predicted octanol–water partition coefficient (Wildman–Crippen LogP) is 4.18. The third-order valence-electron chi connectivity index (χ3n) is 9.55. The van der Waals surface area contributed by atoms with Gasteiger partial charge in [-0.15, -0.1) is 0 Å². The van der Waals surface area contributed by atoms with E-state index in [9.17, 15) is 9.59 Å². The minimum atomic E-state index is 0.0792. The Kier molecular flexibility index (Phi) is 8.12. The number of benzene rings is 2. The van der Waals surface area contributed by atoms with Crippen LogP contribution in [0.25, 0.3) is 0 Å². The second-order valence-electron chi connectivity index (χ2n) is 12.5. The van der Waals surface area contributed by atoms with E-state index in [2.05, 4.69) is 46.7 Å². The van der Waals surface area contributed by atoms with Crippen LogP contribution in [0.1, 0.15) is 53.6 Å². The standard InChI is InChI=1S/C33H45N5O2/c1-25-7-12-31(26(2)20-25)35-16-18-36(19-17-35)33(40)28-8-10-29(11-9-28)38-23-27(21-32(38)39)22-37-15-5-6-30(37)24-34-13-3-4-14-34/h7-12,20,27,30H,3-6,13-19,21-24H2,1-2H3. The number of anilines is 2. The van der Waals surface area contributed by atoms with Gasteiger partial charge in [0.15, 0.2) is 0 Å². The van der Waals surface area contributed by atoms with Gasteiger partial charge >= 0.3 is 0 Å². The summed E-state index contributed by atoms with van der Waals surface area (Å²) in [5.74, 6) is 0.666. The maximum atomic E-state index is 13.3. The second-order valence-corrected chi connectivity index (χ2v) is 12.5. The monoisotopic (exact) mass is 543 g/mol. The summed E-state index contributed by atoms with van der Waals surface area (Å²) in [6.45, 7) is 14.1. The number of hydrogen-bond acceptors (Lipinski definition) is 5. The van der Waals surface area contributed by atoms with Gasteiger partial charge in [0.1, 0.15) is 0 Å². The minimum Gasteiger partial charge on any atom is -0.368 e. The Morgan fingerprint density at radius 2 is 1.60 bits per heavy atom. The Morgan fingerprint density at radius 1 is 0.850 bits per heavy atom. The van der Waals surface area contributed by atoms with Gasteiger partial charge in [0.2, 0.25) is 5.91 Å². The third kappa shape index (κ3) is 5.91. The molecule has 6 rings (SSSR count). The number of rotatable bonds is 7. The van der Waals surface area contributed by atoms with Crippen molar-refractivity contribution in [3.63, 3.8) is 0 Å². The van der Waals surface area contributed by atoms with E-state index in [1.165, 1.54) is 68.7 Å². The van der Waals surface area contributed by atoms with Crippen molar-refractivity contribution in [3.05, 3.63) is 59.2 Å². The molecule has 0 bridgehead atoms. The molecule has 4 saturated heterocycles. The number of carbonyl (C=O) groups is 2. The summed E-state index contributed by atoms with van der Waals surface area (Å²) in [5, 5.41) is 0. The lowest BCUT2D eigenvalue weighted by Gasteiger charge is -2.37. The van der Waals surface area contributed by atoms with Crippen LogP contribution in [0.5, 0.6) is 0 Å². The third-order valence-corrected chi connectivity index (χ3v) is 9.55. The molecule has 2 aromatic rings. The molecule has 2 unspecified atom stereocenters. The van der Waals surface area contributed by atoms with Crippen LogP contribution in [-0.2, 0) is 4.79 Å². The first kappa shape index (κ1) is 27.3. The zero-order valence-corrected chi connectivity index (χ0v) is 24.4. The zero-order valence-electron chi connectivity index (χ0n) is 24.4. The van der Waals surface area contributed by atoms with Crippen molar-refractivity contribution in [1.29, 1.82) is 0 Å². The number of aryl methyl sites for hydroxylation is 2. The highest BCUT2D eigenvalue weighted by atomic mass is 16.2. The summed E-state index contributed by atoms with van der Waals surface area (Å²) in [4.78, 5) is 37.8. The molecule has 4 aliphatic rings. The molecule has 4 aliphatic heterocycles. The lowest BCUT2D eigenvalue weighted by atomic mass is 10.1. The molecule has 40 heavy (non-hydrogen) atoms. The van der Waals surface area contributed by atoms with E-state index in [4.69, 9.17) is 0 Å². The van der Waals surface area contributed by atoms with Gasteiger partial charge in [-0.3, -0.25) is 14.5 Å². The molecule has 2 amide bonds. The van der Waals surface area contributed by atoms with Gasteiger partial charge in [0.25, 0.3) is 5.91 Å². The van der Waals surface area contributed by atoms with Gasteiger partial charge in [-0.1, -0.05) is 17.7 Å². The van der Waals surface area contributed by atoms with Crippen molar-refractivity contribution in [1.82, 2.24) is 14.7 Å². The molecule has 0 saturated carbocycles. The fraction of sp³-hybridized carbons (Fsp3) is 0.576. The summed E-state index contributed by atoms with van der Waals surface area (Å²) in [6.07, 6.45) is 5.87. The second kappa shape index (κ2) is 11.9. The van der Waals surface area contributed by atoms with Crippen LogP contribution in [0.15, 0.2) is 42.5 Å². The topological polar surface area (TPSA) is 50.3 Å². The van der Waals surface area contributed by atoms with E-state index in [1.54, 1.807) is 0 Å². The summed E-state index contributed by atoms with van der Waals surface area (Å²) < 4.78 is 0. The summed E-state index contributed by atoms with van der Waals surface area (Å²) in [6, 6.07) is 15.0. The molecular weight excluding hydrogens is 498 g/mol. The van der Waals surface area contributed by atoms with Crippen LogP contribution in [0.4, 0.5) is 11.4 Å². The number of likely N-dealkylation sites (tertiary alicyclic amines) is 2. The van der Waals surface area contributed by atoms with Gasteiger partial charge < -0.3 is 19.6 Å². The lowest BCUT2D eigenvalue weighted by molar-refractivity contribution is -0.117. The maximum absolute atomic E-state index is 13.3. The summed E-state index contributed by atoms with van der Waals surface area (Å²) in [5.41, 5.74) is 5.45. The quantitative estimate of drug-likeness (QED) is 0.525. The highest BCUT2D eigenvalue weighted by molar-refractivity contribution is 5.98. The molecule has 0 aromatic heterocycles. The van der Waals surface area contributed by atoms with Crippen LogP contribution in [0.3, 0.4) is 0 Å². The number of nitrogens with zero attached hydrogens (tertiary/aromatic N) is 5. The van der Waals surface area contributed by atoms with Crippen LogP contribution in [0.2, 0.25) is 0 Å². The maximum Gasteiger partial charge on any atom is 0.253 e. The van der Waals surface area contributed by atoms with Crippen LogP contribution >= 0.6 is 0 Å². The number of piperazine rings is 1. The number of hydrogen-bond donors (Lipinski definition) is 0. The molecular formula is C33H45N5O2. The first-order valence-electron chi connectivity index (χ1n) is 15.4. The molecule has 2 atom stereocenters. The highest BCUT2D eigenvalue weighted by Gasteiger charge is 2.35. The molecule has 0 N–H and O–H groups in total. The summed E-state index contributed by atoms with van der Waals surface area (Å²) >= 11 is 0. The Balaban J connectivity index is 1.02. The molecule has 4 fully saturated rings. The van der Waals surface area contributed by atoms with Crippen molar-refractivity contribution >= 4 is 23.2 Å². The van der Waals surface area contributed by atoms with E-state index >= 15 is 0 Å². The van der Waals surface area contributed by atoms with Crippen molar-refractivity contribution in [3.8, 4) is 0 Å². The first-order chi connectivity index (χ1) is 19.4. The molecule has 0 aliphatic carbocycles. The van der Waals surface area contributed by atoms with Crippen LogP contribution in [-0.4, -0.2) is 98.0 Å². The normalized spacial score (nSPS) is 24.4. The Hall–Kier alpha value is -2.90. The fourth-order valence-electron chi connectivity index (χ4n) is 7.37. The Labute approximate surface area is 239 Å². The molecule has 0 radical (unpaired) electrons. The average molecular weight is 544 g/mol. The molecule has 7 nitrogen and oxygen atoms in total. The van der Waals surface area contributed by atoms with Gasteiger partial charge in [0.05, 0.1) is 0 Å². The van der Waals surface area contributed by atoms with Crippen LogP contribution in [0, 0.1) is 19.8 Å². The largest absolute Gasteiger partial charge is 0.368 e. The summed E-state index contributed by atoms with van der Waals surface area (Å²) in [7, 11) is 0. The minimum absolute atomic E-state index is 0.0792. The fourth-order valence-corrected chi connectivity index (χ4v) is 7.37. The Morgan fingerprint density at radius 3 is 2.33 bits per heavy atom. The van der Waals surface area contributed by atoms with E-state index in [-0.39, 0.29) is 11.8 Å². The molecule has 4 heterocycles. The molecule has 214 valence electrons. The SMILES string of the molecule is Cc1ccc(N2CCN(C(=O)c3ccc(N4CC(CN5CCCC5CN5CCCC5)CC4=O)cc3)CC2)c(C)c1. The predicted molar refractivity (Wildman–Crippen MR) is 161 cm³/mol.